The Morgan fingerprint density at radius 1 is 1.38 bits per heavy atom. The van der Waals surface area contributed by atoms with Crippen molar-refractivity contribution in [1.29, 1.82) is 0 Å². The van der Waals surface area contributed by atoms with Crippen LogP contribution in [0.2, 0.25) is 0 Å². The number of carbonyl (C=O) groups excluding carboxylic acids is 1. The average Bonchev–Trinajstić information content (AvgIpc) is 2.47. The maximum Gasteiger partial charge on any atom is 0.253 e. The maximum absolute atomic E-state index is 13.7. The van der Waals surface area contributed by atoms with Crippen LogP contribution in [0.5, 0.6) is 5.75 Å². The number of carbonyl (C=O) groups is 1. The normalized spacial score (nSPS) is 11.8. The number of rotatable bonds is 4. The van der Waals surface area contributed by atoms with Gasteiger partial charge in [-0.3, -0.25) is 4.79 Å². The summed E-state index contributed by atoms with van der Waals surface area (Å²) in [6, 6.07) is 7.62. The van der Waals surface area contributed by atoms with Gasteiger partial charge in [-0.1, -0.05) is 6.07 Å². The fourth-order valence-corrected chi connectivity index (χ4v) is 2.06. The number of nitrogens with one attached hydrogen (secondary N) is 1. The fourth-order valence-electron chi connectivity index (χ4n) is 1.83. The molecule has 1 aromatic heterocycles. The molecule has 1 unspecified atom stereocenters. The van der Waals surface area contributed by atoms with Crippen molar-refractivity contribution in [3.63, 3.8) is 0 Å². The first-order valence-electron chi connectivity index (χ1n) is 6.27. The second-order valence-electron chi connectivity index (χ2n) is 4.46. The van der Waals surface area contributed by atoms with Crippen molar-refractivity contribution in [2.75, 3.05) is 7.11 Å². The number of aromatic nitrogens is 1. The molecule has 0 aliphatic heterocycles. The Balaban J connectivity index is 2.10. The predicted octanol–water partition coefficient (Wildman–Crippen LogP) is 3.48. The molecule has 0 bridgehead atoms. The number of methoxy groups -OCH3 is 1. The lowest BCUT2D eigenvalue weighted by Gasteiger charge is -2.15. The minimum Gasteiger partial charge on any atom is -0.494 e. The lowest BCUT2D eigenvalue weighted by atomic mass is 10.1. The van der Waals surface area contributed by atoms with E-state index < -0.39 is 5.82 Å². The smallest absolute Gasteiger partial charge is 0.253 e. The molecule has 0 saturated heterocycles. The molecule has 1 amide bonds. The highest BCUT2D eigenvalue weighted by atomic mass is 79.9. The minimum absolute atomic E-state index is 0.175. The van der Waals surface area contributed by atoms with Gasteiger partial charge in [-0.15, -0.1) is 0 Å². The number of ether oxygens (including phenoxy) is 1. The SMILES string of the molecule is COc1ccc(C(C)NC(=O)c2ccc(Br)nc2)cc1F. The molecule has 0 spiro atoms. The summed E-state index contributed by atoms with van der Waals surface area (Å²) in [5, 5.41) is 2.79. The number of pyridine rings is 1. The predicted molar refractivity (Wildman–Crippen MR) is 80.8 cm³/mol. The first-order chi connectivity index (χ1) is 10.0. The second-order valence-corrected chi connectivity index (χ2v) is 5.27. The Morgan fingerprint density at radius 2 is 2.14 bits per heavy atom. The zero-order valence-corrected chi connectivity index (χ0v) is 13.1. The number of halogens is 2. The summed E-state index contributed by atoms with van der Waals surface area (Å²) in [5.74, 6) is -0.547. The van der Waals surface area contributed by atoms with Crippen LogP contribution in [0.1, 0.15) is 28.9 Å². The standard InChI is InChI=1S/C15H14BrFN2O2/c1-9(10-3-5-13(21-2)12(17)7-10)19-15(20)11-4-6-14(16)18-8-11/h3-9H,1-2H3,(H,19,20). The summed E-state index contributed by atoms with van der Waals surface area (Å²) in [5.41, 5.74) is 1.10. The van der Waals surface area contributed by atoms with E-state index in [2.05, 4.69) is 26.2 Å². The number of benzene rings is 1. The van der Waals surface area contributed by atoms with Crippen molar-refractivity contribution in [1.82, 2.24) is 10.3 Å². The van der Waals surface area contributed by atoms with Gasteiger partial charge in [-0.05, 0) is 52.7 Å². The van der Waals surface area contributed by atoms with Gasteiger partial charge >= 0.3 is 0 Å². The number of hydrogen-bond acceptors (Lipinski definition) is 3. The van der Waals surface area contributed by atoms with E-state index in [1.54, 1.807) is 25.1 Å². The van der Waals surface area contributed by atoms with Crippen molar-refractivity contribution >= 4 is 21.8 Å². The molecule has 1 heterocycles. The molecule has 2 aromatic rings. The van der Waals surface area contributed by atoms with Crippen LogP contribution in [0.3, 0.4) is 0 Å². The third kappa shape index (κ3) is 3.78. The van der Waals surface area contributed by atoms with Crippen molar-refractivity contribution < 1.29 is 13.9 Å². The first-order valence-corrected chi connectivity index (χ1v) is 7.06. The molecule has 0 saturated carbocycles. The van der Waals surface area contributed by atoms with Gasteiger partial charge in [0.2, 0.25) is 0 Å². The van der Waals surface area contributed by atoms with Gasteiger partial charge in [-0.2, -0.15) is 0 Å². The Labute approximate surface area is 130 Å². The van der Waals surface area contributed by atoms with Gasteiger partial charge in [0.1, 0.15) is 4.60 Å². The summed E-state index contributed by atoms with van der Waals surface area (Å²) in [4.78, 5) is 16.1. The number of amides is 1. The van der Waals surface area contributed by atoms with Crippen molar-refractivity contribution in [2.24, 2.45) is 0 Å². The second kappa shape index (κ2) is 6.67. The quantitative estimate of drug-likeness (QED) is 0.857. The van der Waals surface area contributed by atoms with Crippen LogP contribution in [0.4, 0.5) is 4.39 Å². The van der Waals surface area contributed by atoms with E-state index in [1.165, 1.54) is 25.4 Å². The topological polar surface area (TPSA) is 51.2 Å². The van der Waals surface area contributed by atoms with Gasteiger partial charge in [0.05, 0.1) is 18.7 Å². The van der Waals surface area contributed by atoms with Crippen LogP contribution in [0.25, 0.3) is 0 Å². The van der Waals surface area contributed by atoms with Gasteiger partial charge in [0.25, 0.3) is 5.91 Å². The lowest BCUT2D eigenvalue weighted by Crippen LogP contribution is -2.26. The third-order valence-corrected chi connectivity index (χ3v) is 3.48. The molecule has 1 aromatic carbocycles. The molecule has 4 nitrogen and oxygen atoms in total. The molecule has 21 heavy (non-hydrogen) atoms. The largest absolute Gasteiger partial charge is 0.494 e. The fraction of sp³-hybridized carbons (Fsp3) is 0.200. The van der Waals surface area contributed by atoms with Crippen LogP contribution in [0, 0.1) is 5.82 Å². The number of nitrogens with zero attached hydrogens (tertiary/aromatic N) is 1. The highest BCUT2D eigenvalue weighted by molar-refractivity contribution is 9.10. The monoisotopic (exact) mass is 352 g/mol. The Morgan fingerprint density at radius 3 is 2.71 bits per heavy atom. The molecule has 0 radical (unpaired) electrons. The van der Waals surface area contributed by atoms with Gasteiger partial charge < -0.3 is 10.1 Å². The molecule has 0 aliphatic rings. The van der Waals surface area contributed by atoms with Crippen LogP contribution in [0.15, 0.2) is 41.1 Å². The summed E-state index contributed by atoms with van der Waals surface area (Å²) < 4.78 is 19.2. The molecule has 1 N–H and O–H groups in total. The van der Waals surface area contributed by atoms with E-state index in [-0.39, 0.29) is 17.7 Å². The molecule has 0 aliphatic carbocycles. The van der Waals surface area contributed by atoms with Crippen LogP contribution < -0.4 is 10.1 Å². The molecule has 2 rings (SSSR count). The zero-order chi connectivity index (χ0) is 15.4. The molecule has 6 heteroatoms. The van der Waals surface area contributed by atoms with Crippen LogP contribution in [-0.2, 0) is 0 Å². The van der Waals surface area contributed by atoms with Crippen LogP contribution in [-0.4, -0.2) is 18.0 Å². The van der Waals surface area contributed by atoms with Crippen molar-refractivity contribution in [2.45, 2.75) is 13.0 Å². The van der Waals surface area contributed by atoms with E-state index in [0.717, 1.165) is 0 Å². The van der Waals surface area contributed by atoms with Gasteiger partial charge in [0.15, 0.2) is 11.6 Å². The number of hydrogen-bond donors (Lipinski definition) is 1. The van der Waals surface area contributed by atoms with Gasteiger partial charge in [-0.25, -0.2) is 9.37 Å². The van der Waals surface area contributed by atoms with Crippen LogP contribution >= 0.6 is 15.9 Å². The highest BCUT2D eigenvalue weighted by Gasteiger charge is 2.13. The Hall–Kier alpha value is -1.95. The zero-order valence-electron chi connectivity index (χ0n) is 11.6. The van der Waals surface area contributed by atoms with Crippen molar-refractivity contribution in [3.05, 3.63) is 58.1 Å². The van der Waals surface area contributed by atoms with Gasteiger partial charge in [0, 0.05) is 6.20 Å². The lowest BCUT2D eigenvalue weighted by molar-refractivity contribution is 0.0939. The average molecular weight is 353 g/mol. The van der Waals surface area contributed by atoms with E-state index in [4.69, 9.17) is 4.74 Å². The molecule has 1 atom stereocenters. The summed E-state index contributed by atoms with van der Waals surface area (Å²) in [7, 11) is 1.41. The minimum atomic E-state index is -0.457. The first kappa shape index (κ1) is 15.4. The molecular weight excluding hydrogens is 339 g/mol. The Kier molecular flexibility index (Phi) is 4.90. The third-order valence-electron chi connectivity index (χ3n) is 3.01. The van der Waals surface area contributed by atoms with Crippen molar-refractivity contribution in [3.8, 4) is 5.75 Å². The van der Waals surface area contributed by atoms with E-state index in [0.29, 0.717) is 15.7 Å². The maximum atomic E-state index is 13.7. The molecular formula is C15H14BrFN2O2. The van der Waals surface area contributed by atoms with E-state index in [1.807, 2.05) is 0 Å². The highest BCUT2D eigenvalue weighted by Crippen LogP contribution is 2.22. The molecule has 110 valence electrons. The molecule has 0 fully saturated rings. The van der Waals surface area contributed by atoms with E-state index >= 15 is 0 Å². The summed E-state index contributed by atoms with van der Waals surface area (Å²) >= 11 is 3.21. The summed E-state index contributed by atoms with van der Waals surface area (Å²) in [6.07, 6.45) is 1.47. The summed E-state index contributed by atoms with van der Waals surface area (Å²) in [6.45, 7) is 1.78. The van der Waals surface area contributed by atoms with E-state index in [9.17, 15) is 9.18 Å². The Bertz CT molecular complexity index is 647.